The van der Waals surface area contributed by atoms with Gasteiger partial charge in [0.15, 0.2) is 16.8 Å². The summed E-state index contributed by atoms with van der Waals surface area (Å²) in [4.78, 5) is 15.6. The molecule has 0 aliphatic rings. The highest BCUT2D eigenvalue weighted by Crippen LogP contribution is 2.27. The summed E-state index contributed by atoms with van der Waals surface area (Å²) in [5.74, 6) is 0.133. The van der Waals surface area contributed by atoms with Gasteiger partial charge in [-0.3, -0.25) is 9.36 Å². The van der Waals surface area contributed by atoms with Crippen molar-refractivity contribution in [2.24, 2.45) is 0 Å². The van der Waals surface area contributed by atoms with Gasteiger partial charge in [0.1, 0.15) is 0 Å². The third-order valence-corrected chi connectivity index (χ3v) is 4.31. The molecule has 3 aromatic heterocycles. The number of nitrogens with zero attached hydrogens (tertiary/aromatic N) is 5. The number of hydrogen-bond donors (Lipinski definition) is 1. The van der Waals surface area contributed by atoms with Crippen molar-refractivity contribution in [1.82, 2.24) is 24.9 Å². The topological polar surface area (TPSA) is 107 Å². The molecule has 0 bridgehead atoms. The van der Waals surface area contributed by atoms with Crippen LogP contribution in [0.2, 0.25) is 0 Å². The van der Waals surface area contributed by atoms with E-state index in [2.05, 4.69) is 20.3 Å². The lowest BCUT2D eigenvalue weighted by molar-refractivity contribution is -0.133. The summed E-state index contributed by atoms with van der Waals surface area (Å²) in [6, 6.07) is 3.84. The maximum atomic E-state index is 10.7. The SMILES string of the molecule is O=C(O)CSc1nnc(-c2cccs2)n1Cc1ncon1. The van der Waals surface area contributed by atoms with Crippen LogP contribution in [0, 0.1) is 0 Å². The van der Waals surface area contributed by atoms with Crippen LogP contribution in [-0.2, 0) is 11.3 Å². The van der Waals surface area contributed by atoms with Crippen molar-refractivity contribution in [1.29, 1.82) is 0 Å². The molecule has 3 heterocycles. The van der Waals surface area contributed by atoms with E-state index in [-0.39, 0.29) is 5.75 Å². The van der Waals surface area contributed by atoms with Gasteiger partial charge in [0.2, 0.25) is 6.39 Å². The van der Waals surface area contributed by atoms with Gasteiger partial charge >= 0.3 is 5.97 Å². The van der Waals surface area contributed by atoms with Crippen LogP contribution >= 0.6 is 23.1 Å². The number of aliphatic carboxylic acids is 1. The summed E-state index contributed by atoms with van der Waals surface area (Å²) in [5.41, 5.74) is 0. The highest BCUT2D eigenvalue weighted by molar-refractivity contribution is 7.99. The Morgan fingerprint density at radius 1 is 1.48 bits per heavy atom. The van der Waals surface area contributed by atoms with Crippen LogP contribution in [0.25, 0.3) is 10.7 Å². The van der Waals surface area contributed by atoms with Gasteiger partial charge in [-0.15, -0.1) is 21.5 Å². The maximum Gasteiger partial charge on any atom is 0.313 e. The Kier molecular flexibility index (Phi) is 3.97. The van der Waals surface area contributed by atoms with E-state index < -0.39 is 5.97 Å². The van der Waals surface area contributed by atoms with Crippen molar-refractivity contribution >= 4 is 29.1 Å². The van der Waals surface area contributed by atoms with E-state index in [1.807, 2.05) is 17.5 Å². The minimum absolute atomic E-state index is 0.0885. The molecule has 0 aliphatic carbocycles. The van der Waals surface area contributed by atoms with Crippen molar-refractivity contribution in [2.45, 2.75) is 11.7 Å². The highest BCUT2D eigenvalue weighted by Gasteiger charge is 2.17. The summed E-state index contributed by atoms with van der Waals surface area (Å²) < 4.78 is 6.50. The zero-order valence-electron chi connectivity index (χ0n) is 10.5. The van der Waals surface area contributed by atoms with Crippen LogP contribution in [0.4, 0.5) is 0 Å². The minimum atomic E-state index is -0.910. The first kappa shape index (κ1) is 13.8. The fourth-order valence-electron chi connectivity index (χ4n) is 1.66. The predicted octanol–water partition coefficient (Wildman–Crippen LogP) is 1.61. The van der Waals surface area contributed by atoms with E-state index in [0.717, 1.165) is 16.6 Å². The Labute approximate surface area is 126 Å². The zero-order valence-corrected chi connectivity index (χ0v) is 12.2. The largest absolute Gasteiger partial charge is 0.481 e. The van der Waals surface area contributed by atoms with Crippen LogP contribution in [0.5, 0.6) is 0 Å². The molecule has 0 unspecified atom stereocenters. The summed E-state index contributed by atoms with van der Waals surface area (Å²) in [6.07, 6.45) is 1.24. The molecule has 0 saturated heterocycles. The van der Waals surface area contributed by atoms with Crippen molar-refractivity contribution < 1.29 is 14.4 Å². The second kappa shape index (κ2) is 6.06. The van der Waals surface area contributed by atoms with Crippen LogP contribution in [0.15, 0.2) is 33.6 Å². The summed E-state index contributed by atoms with van der Waals surface area (Å²) in [7, 11) is 0. The number of hydrogen-bond acceptors (Lipinski definition) is 8. The Bertz CT molecular complexity index is 723. The van der Waals surface area contributed by atoms with Gasteiger partial charge in [0.05, 0.1) is 17.2 Å². The molecule has 0 atom stereocenters. The zero-order chi connectivity index (χ0) is 14.7. The van der Waals surface area contributed by atoms with Gasteiger partial charge in [-0.1, -0.05) is 23.0 Å². The number of thioether (sulfide) groups is 1. The van der Waals surface area contributed by atoms with Crippen molar-refractivity contribution in [2.75, 3.05) is 5.75 Å². The van der Waals surface area contributed by atoms with Crippen LogP contribution in [-0.4, -0.2) is 41.7 Å². The molecule has 0 aromatic carbocycles. The first-order valence-corrected chi connectivity index (χ1v) is 7.67. The number of aromatic nitrogens is 5. The minimum Gasteiger partial charge on any atom is -0.481 e. The maximum absolute atomic E-state index is 10.7. The normalized spacial score (nSPS) is 10.9. The summed E-state index contributed by atoms with van der Waals surface area (Å²) in [5, 5.41) is 23.2. The predicted molar refractivity (Wildman–Crippen MR) is 75.1 cm³/mol. The molecule has 0 radical (unpaired) electrons. The molecule has 10 heteroatoms. The second-order valence-electron chi connectivity index (χ2n) is 3.90. The molecule has 108 valence electrons. The monoisotopic (exact) mass is 323 g/mol. The average Bonchev–Trinajstić information content (AvgIpc) is 3.18. The Hall–Kier alpha value is -2.20. The van der Waals surface area contributed by atoms with Crippen LogP contribution in [0.1, 0.15) is 5.82 Å². The first-order chi connectivity index (χ1) is 10.2. The molecule has 0 spiro atoms. The molecular formula is C11H9N5O3S2. The van der Waals surface area contributed by atoms with Crippen molar-refractivity contribution in [3.8, 4) is 10.7 Å². The lowest BCUT2D eigenvalue weighted by Crippen LogP contribution is -2.06. The fraction of sp³-hybridized carbons (Fsp3) is 0.182. The Morgan fingerprint density at radius 3 is 3.05 bits per heavy atom. The molecule has 0 aliphatic heterocycles. The number of carboxylic acid groups (broad SMARTS) is 1. The lowest BCUT2D eigenvalue weighted by atomic mass is 10.4. The smallest absolute Gasteiger partial charge is 0.313 e. The molecule has 1 N–H and O–H groups in total. The standard InChI is InChI=1S/C11H9N5O3S2/c17-9(18)5-21-11-14-13-10(7-2-1-3-20-7)16(11)4-8-12-6-19-15-8/h1-3,6H,4-5H2,(H,17,18). The lowest BCUT2D eigenvalue weighted by Gasteiger charge is -2.05. The van der Waals surface area contributed by atoms with E-state index in [1.165, 1.54) is 17.7 Å². The number of rotatable bonds is 6. The fourth-order valence-corrected chi connectivity index (χ4v) is 3.03. The van der Waals surface area contributed by atoms with Gasteiger partial charge in [-0.2, -0.15) is 4.98 Å². The number of carboxylic acids is 1. The molecule has 21 heavy (non-hydrogen) atoms. The van der Waals surface area contributed by atoms with Crippen LogP contribution < -0.4 is 0 Å². The Balaban J connectivity index is 1.94. The van der Waals surface area contributed by atoms with E-state index in [1.54, 1.807) is 4.57 Å². The summed E-state index contributed by atoms with van der Waals surface area (Å²) >= 11 is 2.63. The highest BCUT2D eigenvalue weighted by atomic mass is 32.2. The molecule has 0 saturated carbocycles. The van der Waals surface area contributed by atoms with Gasteiger partial charge in [0.25, 0.3) is 0 Å². The molecule has 8 nitrogen and oxygen atoms in total. The van der Waals surface area contributed by atoms with Gasteiger partial charge in [0, 0.05) is 0 Å². The van der Waals surface area contributed by atoms with Gasteiger partial charge in [-0.25, -0.2) is 0 Å². The van der Waals surface area contributed by atoms with Crippen LogP contribution in [0.3, 0.4) is 0 Å². The molecule has 0 amide bonds. The van der Waals surface area contributed by atoms with E-state index in [4.69, 9.17) is 9.63 Å². The van der Waals surface area contributed by atoms with Crippen molar-refractivity contribution in [3.63, 3.8) is 0 Å². The van der Waals surface area contributed by atoms with Gasteiger partial charge < -0.3 is 9.63 Å². The number of carbonyl (C=O) groups is 1. The van der Waals surface area contributed by atoms with Gasteiger partial charge in [-0.05, 0) is 11.4 Å². The first-order valence-electron chi connectivity index (χ1n) is 5.81. The molecule has 3 aromatic rings. The molecular weight excluding hydrogens is 314 g/mol. The van der Waals surface area contributed by atoms with E-state index in [0.29, 0.717) is 23.4 Å². The quantitative estimate of drug-likeness (QED) is 0.682. The van der Waals surface area contributed by atoms with E-state index in [9.17, 15) is 4.79 Å². The average molecular weight is 323 g/mol. The third-order valence-electron chi connectivity index (χ3n) is 2.49. The number of thiophene rings is 1. The summed E-state index contributed by atoms with van der Waals surface area (Å²) in [6.45, 7) is 0.318. The van der Waals surface area contributed by atoms with E-state index >= 15 is 0 Å². The molecule has 0 fully saturated rings. The third kappa shape index (κ3) is 3.11. The molecule has 3 rings (SSSR count). The Morgan fingerprint density at radius 2 is 2.38 bits per heavy atom. The second-order valence-corrected chi connectivity index (χ2v) is 5.79. The van der Waals surface area contributed by atoms with Crippen molar-refractivity contribution in [3.05, 3.63) is 29.7 Å².